The van der Waals surface area contributed by atoms with Crippen LogP contribution in [0.15, 0.2) is 0 Å². The molecule has 2 aliphatic carbocycles. The molecule has 0 spiro atoms. The summed E-state index contributed by atoms with van der Waals surface area (Å²) >= 11 is 0. The molecule has 3 unspecified atom stereocenters. The van der Waals surface area contributed by atoms with Crippen LogP contribution in [0.3, 0.4) is 0 Å². The average Bonchev–Trinajstić information content (AvgIpc) is 3.14. The van der Waals surface area contributed by atoms with Gasteiger partial charge in [0.1, 0.15) is 25.0 Å². The molecule has 2 fully saturated rings. The van der Waals surface area contributed by atoms with E-state index in [1.807, 2.05) is 0 Å². The number of carbonyl (C=O) groups is 4. The van der Waals surface area contributed by atoms with E-state index >= 15 is 0 Å². The highest BCUT2D eigenvalue weighted by Crippen LogP contribution is 2.40. The Balaban J connectivity index is 2.05. The van der Waals surface area contributed by atoms with Crippen molar-refractivity contribution < 1.29 is 38.9 Å². The van der Waals surface area contributed by atoms with Crippen LogP contribution in [-0.2, 0) is 28.7 Å². The van der Waals surface area contributed by atoms with E-state index in [0.717, 1.165) is 32.1 Å². The number of carboxylic acid groups (broad SMARTS) is 2. The largest absolute Gasteiger partial charge is 0.481 e. The molecule has 0 amide bonds. The minimum Gasteiger partial charge on any atom is -0.481 e. The predicted octanol–water partition coefficient (Wildman–Crippen LogP) is 1.75. The molecule has 2 saturated carbocycles. The summed E-state index contributed by atoms with van der Waals surface area (Å²) in [6.07, 6.45) is 3.53. The molecule has 0 aliphatic heterocycles. The van der Waals surface area contributed by atoms with Gasteiger partial charge in [0.15, 0.2) is 0 Å². The fourth-order valence-corrected chi connectivity index (χ4v) is 3.95. The van der Waals surface area contributed by atoms with Gasteiger partial charge in [0.05, 0.1) is 0 Å². The molecule has 0 bridgehead atoms. The Morgan fingerprint density at radius 3 is 2.04 bits per heavy atom. The highest BCUT2D eigenvalue weighted by molar-refractivity contribution is 5.90. The number of carbonyl (C=O) groups excluding carboxylic acids is 2. The van der Waals surface area contributed by atoms with Crippen molar-refractivity contribution in [1.29, 1.82) is 0 Å². The van der Waals surface area contributed by atoms with Crippen LogP contribution >= 0.6 is 0 Å². The Bertz CT molecular complexity index is 523. The summed E-state index contributed by atoms with van der Waals surface area (Å²) in [7, 11) is 0. The van der Waals surface area contributed by atoms with E-state index in [4.69, 9.17) is 19.7 Å². The summed E-state index contributed by atoms with van der Waals surface area (Å²) in [5.74, 6) is -4.16. The van der Waals surface area contributed by atoms with Crippen LogP contribution in [0.2, 0.25) is 0 Å². The second-order valence-corrected chi connectivity index (χ2v) is 6.76. The zero-order chi connectivity index (χ0) is 18.4. The lowest BCUT2D eigenvalue weighted by Crippen LogP contribution is -2.39. The normalized spacial score (nSPS) is 24.6. The minimum absolute atomic E-state index is 0.126. The van der Waals surface area contributed by atoms with E-state index in [0.29, 0.717) is 12.8 Å². The van der Waals surface area contributed by atoms with Crippen LogP contribution in [0.25, 0.3) is 0 Å². The molecule has 0 aromatic heterocycles. The molecular weight excluding hydrogens is 332 g/mol. The molecule has 8 nitrogen and oxygen atoms in total. The molecule has 2 rings (SSSR count). The first-order valence-electron chi connectivity index (χ1n) is 8.69. The van der Waals surface area contributed by atoms with E-state index in [1.165, 1.54) is 0 Å². The van der Waals surface area contributed by atoms with Gasteiger partial charge in [-0.3, -0.25) is 19.2 Å². The topological polar surface area (TPSA) is 127 Å². The molecule has 8 heteroatoms. The fourth-order valence-electron chi connectivity index (χ4n) is 3.95. The Labute approximate surface area is 145 Å². The molecule has 0 radical (unpaired) electrons. The Kier molecular flexibility index (Phi) is 6.78. The summed E-state index contributed by atoms with van der Waals surface area (Å²) < 4.78 is 10.8. The predicted molar refractivity (Wildman–Crippen MR) is 83.6 cm³/mol. The number of esters is 2. The van der Waals surface area contributed by atoms with Gasteiger partial charge in [0, 0.05) is 5.92 Å². The summed E-state index contributed by atoms with van der Waals surface area (Å²) in [5, 5.41) is 17.4. The lowest BCUT2D eigenvalue weighted by Gasteiger charge is -2.32. The fraction of sp³-hybridized carbons (Fsp3) is 0.765. The zero-order valence-corrected chi connectivity index (χ0v) is 14.0. The van der Waals surface area contributed by atoms with E-state index < -0.39 is 48.9 Å². The maximum atomic E-state index is 11.9. The lowest BCUT2D eigenvalue weighted by molar-refractivity contribution is -0.166. The van der Waals surface area contributed by atoms with Gasteiger partial charge < -0.3 is 19.7 Å². The number of hydrogen-bond donors (Lipinski definition) is 2. The third-order valence-electron chi connectivity index (χ3n) is 4.93. The first kappa shape index (κ1) is 19.2. The van der Waals surface area contributed by atoms with Crippen LogP contribution in [0.5, 0.6) is 0 Å². The van der Waals surface area contributed by atoms with Crippen LogP contribution < -0.4 is 0 Å². The monoisotopic (exact) mass is 356 g/mol. The summed E-state index contributed by atoms with van der Waals surface area (Å²) in [6.45, 7) is 0. The Morgan fingerprint density at radius 2 is 1.44 bits per heavy atom. The minimum atomic E-state index is -1.25. The molecule has 2 aliphatic rings. The Hall–Kier alpha value is -2.12. The molecule has 140 valence electrons. The van der Waals surface area contributed by atoms with Crippen LogP contribution in [-0.4, -0.2) is 46.3 Å². The van der Waals surface area contributed by atoms with Crippen molar-refractivity contribution in [2.45, 2.75) is 70.0 Å². The maximum absolute atomic E-state index is 11.9. The van der Waals surface area contributed by atoms with E-state index in [-0.39, 0.29) is 11.8 Å². The standard InChI is InChI=1S/C17H24O8/c18-13(19)8-15(22)24-12-7-3-6-11(12)17(10-4-1-2-5-10)25-16(23)9-14(20)21/h10-12,17H,1-9H2,(H,18,19)(H,20,21). The van der Waals surface area contributed by atoms with E-state index in [2.05, 4.69) is 0 Å². The molecule has 3 atom stereocenters. The van der Waals surface area contributed by atoms with Gasteiger partial charge in [-0.05, 0) is 38.0 Å². The molecule has 0 saturated heterocycles. The Morgan fingerprint density at radius 1 is 0.840 bits per heavy atom. The number of ether oxygens (including phenoxy) is 2. The summed E-state index contributed by atoms with van der Waals surface area (Å²) in [6, 6.07) is 0. The summed E-state index contributed by atoms with van der Waals surface area (Å²) in [5.41, 5.74) is 0. The first-order valence-corrected chi connectivity index (χ1v) is 8.69. The summed E-state index contributed by atoms with van der Waals surface area (Å²) in [4.78, 5) is 44.9. The second-order valence-electron chi connectivity index (χ2n) is 6.76. The van der Waals surface area contributed by atoms with Crippen molar-refractivity contribution >= 4 is 23.9 Å². The second kappa shape index (κ2) is 8.82. The van der Waals surface area contributed by atoms with Gasteiger partial charge in [-0.25, -0.2) is 0 Å². The third kappa shape index (κ3) is 5.72. The molecule has 0 aromatic rings. The van der Waals surface area contributed by atoms with Gasteiger partial charge in [-0.2, -0.15) is 0 Å². The molecule has 0 aromatic carbocycles. The lowest BCUT2D eigenvalue weighted by atomic mass is 9.87. The average molecular weight is 356 g/mol. The zero-order valence-electron chi connectivity index (χ0n) is 14.0. The highest BCUT2D eigenvalue weighted by Gasteiger charge is 2.43. The van der Waals surface area contributed by atoms with Crippen molar-refractivity contribution in [2.24, 2.45) is 11.8 Å². The maximum Gasteiger partial charge on any atom is 0.317 e. The number of carboxylic acids is 2. The van der Waals surface area contributed by atoms with Gasteiger partial charge >= 0.3 is 23.9 Å². The van der Waals surface area contributed by atoms with Crippen molar-refractivity contribution in [3.63, 3.8) is 0 Å². The third-order valence-corrected chi connectivity index (χ3v) is 4.93. The van der Waals surface area contributed by atoms with Crippen molar-refractivity contribution in [3.05, 3.63) is 0 Å². The van der Waals surface area contributed by atoms with Crippen molar-refractivity contribution in [2.75, 3.05) is 0 Å². The molecule has 2 N–H and O–H groups in total. The van der Waals surface area contributed by atoms with Gasteiger partial charge in [-0.1, -0.05) is 12.8 Å². The van der Waals surface area contributed by atoms with Crippen molar-refractivity contribution in [1.82, 2.24) is 0 Å². The number of hydrogen-bond acceptors (Lipinski definition) is 6. The van der Waals surface area contributed by atoms with Crippen LogP contribution in [0.4, 0.5) is 0 Å². The van der Waals surface area contributed by atoms with Gasteiger partial charge in [0.2, 0.25) is 0 Å². The molecular formula is C17H24O8. The van der Waals surface area contributed by atoms with Crippen LogP contribution in [0, 0.1) is 11.8 Å². The quantitative estimate of drug-likeness (QED) is 0.497. The first-order chi connectivity index (χ1) is 11.9. The van der Waals surface area contributed by atoms with E-state index in [1.54, 1.807) is 0 Å². The molecule has 0 heterocycles. The van der Waals surface area contributed by atoms with E-state index in [9.17, 15) is 19.2 Å². The highest BCUT2D eigenvalue weighted by atomic mass is 16.6. The van der Waals surface area contributed by atoms with Gasteiger partial charge in [0.25, 0.3) is 0 Å². The number of rotatable bonds is 8. The molecule has 25 heavy (non-hydrogen) atoms. The van der Waals surface area contributed by atoms with Gasteiger partial charge in [-0.15, -0.1) is 0 Å². The smallest absolute Gasteiger partial charge is 0.317 e. The van der Waals surface area contributed by atoms with Crippen LogP contribution in [0.1, 0.15) is 57.8 Å². The number of aliphatic carboxylic acids is 2. The van der Waals surface area contributed by atoms with Crippen molar-refractivity contribution in [3.8, 4) is 0 Å². The SMILES string of the molecule is O=C(O)CC(=O)OC1CCCC1C(OC(=O)CC(=O)O)C1CCCC1.